The topological polar surface area (TPSA) is 117 Å². The van der Waals surface area contributed by atoms with Gasteiger partial charge in [0, 0.05) is 49.7 Å². The molecule has 4 N–H and O–H groups in total. The lowest BCUT2D eigenvalue weighted by Gasteiger charge is -2.33. The molecule has 8 nitrogen and oxygen atoms in total. The second-order valence-electron chi connectivity index (χ2n) is 10.4. The molecule has 0 spiro atoms. The number of likely N-dealkylation sites (N-methyl/N-ethyl adjacent to an activating group) is 1. The zero-order valence-electron chi connectivity index (χ0n) is 24.7. The summed E-state index contributed by atoms with van der Waals surface area (Å²) in [6.45, 7) is 5.42. The normalized spacial score (nSPS) is 16.2. The minimum Gasteiger partial charge on any atom is -0.372 e. The first-order valence-electron chi connectivity index (χ1n) is 14.1. The summed E-state index contributed by atoms with van der Waals surface area (Å²) in [4.78, 5) is 45.2. The third-order valence-electron chi connectivity index (χ3n) is 7.73. The Morgan fingerprint density at radius 1 is 1.02 bits per heavy atom. The van der Waals surface area contributed by atoms with E-state index in [1.165, 1.54) is 25.4 Å². The van der Waals surface area contributed by atoms with E-state index in [9.17, 15) is 27.6 Å². The van der Waals surface area contributed by atoms with Crippen molar-refractivity contribution in [1.29, 1.82) is 0 Å². The lowest BCUT2D eigenvalue weighted by molar-refractivity contribution is -0.137. The van der Waals surface area contributed by atoms with Gasteiger partial charge >= 0.3 is 6.18 Å². The van der Waals surface area contributed by atoms with Crippen LogP contribution in [0.15, 0.2) is 84.6 Å². The molecule has 44 heavy (non-hydrogen) atoms. The van der Waals surface area contributed by atoms with Gasteiger partial charge in [0.05, 0.1) is 22.2 Å². The van der Waals surface area contributed by atoms with Crippen LogP contribution in [0.25, 0.3) is 11.3 Å². The zero-order valence-corrected chi connectivity index (χ0v) is 24.7. The molecule has 3 aromatic rings. The number of nitrogens with one attached hydrogen (secondary N) is 2. The molecular weight excluding hydrogens is 571 g/mol. The van der Waals surface area contributed by atoms with Gasteiger partial charge in [0.15, 0.2) is 0 Å². The number of hydrogen-bond acceptors (Lipinski definition) is 5. The Hall–Kier alpha value is -4.93. The van der Waals surface area contributed by atoms with Crippen LogP contribution < -0.4 is 21.3 Å². The van der Waals surface area contributed by atoms with Crippen molar-refractivity contribution in [3.8, 4) is 11.3 Å². The van der Waals surface area contributed by atoms with Crippen molar-refractivity contribution >= 4 is 23.4 Å². The molecule has 1 atom stereocenters. The zero-order chi connectivity index (χ0) is 32.1. The number of benzene rings is 2. The standard InChI is InChI=1S/C33H34F3N5O3/c1-4-41(5-2)25-12-13-27(32(31(37)44)15-7-9-22(18-32)29(42)38-3)26(17-25)28-14-11-23(20-39-28)30(43)40-19-21-8-6-10-24(16-21)33(34,35)36/h6-17,20H,4-5,18-19H2,1-3H3,(H2,37,44)(H,38,42)(H,40,43). The molecule has 1 aliphatic carbocycles. The van der Waals surface area contributed by atoms with Gasteiger partial charge in [-0.05, 0) is 67.8 Å². The fraction of sp³-hybridized carbons (Fsp3) is 0.273. The van der Waals surface area contributed by atoms with Gasteiger partial charge in [0.25, 0.3) is 5.91 Å². The van der Waals surface area contributed by atoms with E-state index in [4.69, 9.17) is 5.73 Å². The molecule has 0 saturated carbocycles. The summed E-state index contributed by atoms with van der Waals surface area (Å²) < 4.78 is 39.2. The van der Waals surface area contributed by atoms with E-state index >= 15 is 0 Å². The van der Waals surface area contributed by atoms with E-state index in [-0.39, 0.29) is 24.4 Å². The number of pyridine rings is 1. The predicted molar refractivity (Wildman–Crippen MR) is 163 cm³/mol. The Kier molecular flexibility index (Phi) is 9.56. The van der Waals surface area contributed by atoms with Crippen LogP contribution in [0.4, 0.5) is 18.9 Å². The highest BCUT2D eigenvalue weighted by molar-refractivity contribution is 5.99. The van der Waals surface area contributed by atoms with E-state index in [1.807, 2.05) is 32.0 Å². The molecule has 1 unspecified atom stereocenters. The predicted octanol–water partition coefficient (Wildman–Crippen LogP) is 4.90. The molecule has 1 aliphatic rings. The molecule has 11 heteroatoms. The first-order chi connectivity index (χ1) is 20.9. The molecule has 0 aliphatic heterocycles. The monoisotopic (exact) mass is 605 g/mol. The Morgan fingerprint density at radius 2 is 1.77 bits per heavy atom. The van der Waals surface area contributed by atoms with E-state index in [2.05, 4.69) is 20.5 Å². The Labute approximate surface area is 253 Å². The summed E-state index contributed by atoms with van der Waals surface area (Å²) in [6, 6.07) is 13.6. The van der Waals surface area contributed by atoms with Crippen LogP contribution in [0.1, 0.15) is 47.3 Å². The first-order valence-corrected chi connectivity index (χ1v) is 14.1. The van der Waals surface area contributed by atoms with E-state index < -0.39 is 29.0 Å². The summed E-state index contributed by atoms with van der Waals surface area (Å²) in [5.74, 6) is -1.46. The second kappa shape index (κ2) is 13.2. The van der Waals surface area contributed by atoms with Crippen molar-refractivity contribution in [3.63, 3.8) is 0 Å². The Bertz CT molecular complexity index is 1610. The van der Waals surface area contributed by atoms with Crippen LogP contribution in [0.3, 0.4) is 0 Å². The number of anilines is 1. The number of amides is 3. The molecule has 0 saturated heterocycles. The maximum Gasteiger partial charge on any atom is 0.416 e. The van der Waals surface area contributed by atoms with Gasteiger partial charge in [-0.15, -0.1) is 0 Å². The first kappa shape index (κ1) is 32.0. The lowest BCUT2D eigenvalue weighted by Crippen LogP contribution is -2.43. The quantitative estimate of drug-likeness (QED) is 0.304. The minimum atomic E-state index is -4.48. The smallest absolute Gasteiger partial charge is 0.372 e. The summed E-state index contributed by atoms with van der Waals surface area (Å²) >= 11 is 0. The van der Waals surface area contributed by atoms with Crippen molar-refractivity contribution in [2.24, 2.45) is 5.73 Å². The third-order valence-corrected chi connectivity index (χ3v) is 7.73. The number of halogens is 3. The summed E-state index contributed by atoms with van der Waals surface area (Å²) in [5.41, 5.74) is 7.31. The van der Waals surface area contributed by atoms with Gasteiger partial charge in [-0.3, -0.25) is 19.4 Å². The molecule has 4 rings (SSSR count). The highest BCUT2D eigenvalue weighted by atomic mass is 19.4. The van der Waals surface area contributed by atoms with Crippen LogP contribution in [-0.4, -0.2) is 42.8 Å². The van der Waals surface area contributed by atoms with Crippen molar-refractivity contribution in [3.05, 3.63) is 107 Å². The number of allylic oxidation sites excluding steroid dienone is 2. The average molecular weight is 606 g/mol. The fourth-order valence-electron chi connectivity index (χ4n) is 5.30. The maximum atomic E-state index is 13.1. The highest BCUT2D eigenvalue weighted by Gasteiger charge is 2.41. The van der Waals surface area contributed by atoms with Crippen molar-refractivity contribution in [2.45, 2.75) is 38.4 Å². The van der Waals surface area contributed by atoms with Crippen molar-refractivity contribution < 1.29 is 27.6 Å². The summed E-state index contributed by atoms with van der Waals surface area (Å²) in [6.07, 6.45) is 1.91. The van der Waals surface area contributed by atoms with E-state index in [0.29, 0.717) is 28.0 Å². The fourth-order valence-corrected chi connectivity index (χ4v) is 5.30. The van der Waals surface area contributed by atoms with Crippen LogP contribution >= 0.6 is 0 Å². The maximum absolute atomic E-state index is 13.1. The van der Waals surface area contributed by atoms with E-state index in [1.54, 1.807) is 30.4 Å². The molecule has 230 valence electrons. The van der Waals surface area contributed by atoms with Gasteiger partial charge in [-0.2, -0.15) is 13.2 Å². The number of rotatable bonds is 10. The molecular formula is C33H34F3N5O3. The average Bonchev–Trinajstić information content (AvgIpc) is 3.03. The molecule has 2 aromatic carbocycles. The largest absolute Gasteiger partial charge is 0.416 e. The summed E-state index contributed by atoms with van der Waals surface area (Å²) in [5, 5.41) is 5.23. The Morgan fingerprint density at radius 3 is 2.39 bits per heavy atom. The number of primary amides is 1. The third kappa shape index (κ3) is 6.66. The number of hydrogen-bond donors (Lipinski definition) is 3. The van der Waals surface area contributed by atoms with E-state index in [0.717, 1.165) is 30.9 Å². The van der Waals surface area contributed by atoms with Crippen LogP contribution in [-0.2, 0) is 27.7 Å². The van der Waals surface area contributed by atoms with Crippen molar-refractivity contribution in [2.75, 3.05) is 25.0 Å². The molecule has 0 fully saturated rings. The second-order valence-corrected chi connectivity index (χ2v) is 10.4. The molecule has 0 bridgehead atoms. The van der Waals surface area contributed by atoms with Crippen LogP contribution in [0.5, 0.6) is 0 Å². The number of nitrogens with two attached hydrogens (primary N) is 1. The van der Waals surface area contributed by atoms with Gasteiger partial charge in [0.1, 0.15) is 0 Å². The van der Waals surface area contributed by atoms with Gasteiger partial charge in [-0.25, -0.2) is 0 Å². The van der Waals surface area contributed by atoms with Gasteiger partial charge < -0.3 is 21.3 Å². The SMILES string of the molecule is CCN(CC)c1ccc(C2(C(N)=O)C=CC=C(C(=O)NC)C2)c(-c2ccc(C(=O)NCc3cccc(C(F)(F)F)c3)cn2)c1. The summed E-state index contributed by atoms with van der Waals surface area (Å²) in [7, 11) is 1.51. The minimum absolute atomic E-state index is 0.0478. The van der Waals surface area contributed by atoms with Crippen LogP contribution in [0, 0.1) is 0 Å². The molecule has 1 aromatic heterocycles. The molecule has 1 heterocycles. The number of aromatic nitrogens is 1. The number of carbonyl (C=O) groups excluding carboxylic acids is 3. The molecule has 3 amide bonds. The Balaban J connectivity index is 1.69. The van der Waals surface area contributed by atoms with Gasteiger partial charge in [0.2, 0.25) is 11.8 Å². The number of alkyl halides is 3. The molecule has 0 radical (unpaired) electrons. The van der Waals surface area contributed by atoms with Gasteiger partial charge in [-0.1, -0.05) is 36.4 Å². The number of carbonyl (C=O) groups is 3. The highest BCUT2D eigenvalue weighted by Crippen LogP contribution is 2.42. The number of nitrogens with zero attached hydrogens (tertiary/aromatic N) is 2. The van der Waals surface area contributed by atoms with Crippen LogP contribution in [0.2, 0.25) is 0 Å². The lowest BCUT2D eigenvalue weighted by atomic mass is 9.70. The van der Waals surface area contributed by atoms with Crippen molar-refractivity contribution in [1.82, 2.24) is 15.6 Å².